The van der Waals surface area contributed by atoms with Crippen LogP contribution in [0, 0.1) is 4.91 Å². The Kier molecular flexibility index (Phi) is 11.7. The summed E-state index contributed by atoms with van der Waals surface area (Å²) in [5.74, 6) is 0.443. The van der Waals surface area contributed by atoms with Crippen molar-refractivity contribution in [2.24, 2.45) is 5.18 Å². The van der Waals surface area contributed by atoms with Crippen molar-refractivity contribution in [1.82, 2.24) is 19.7 Å². The fourth-order valence-electron chi connectivity index (χ4n) is 4.58. The predicted octanol–water partition coefficient (Wildman–Crippen LogP) is 6.67. The quantitative estimate of drug-likeness (QED) is 0.0826. The van der Waals surface area contributed by atoms with E-state index in [9.17, 15) is 9.70 Å². The van der Waals surface area contributed by atoms with Crippen LogP contribution in [-0.4, -0.2) is 87.0 Å². The number of aromatic nitrogens is 4. The molecule has 0 aliphatic carbocycles. The van der Waals surface area contributed by atoms with E-state index in [2.05, 4.69) is 45.2 Å². The van der Waals surface area contributed by atoms with Gasteiger partial charge in [0.25, 0.3) is 0 Å². The standard InChI is InChI=1S/C29H40Cl2N8O7Si/c1-29(2)45-15-18(46-29)13-38-14-19(36-41)27(35-38)34-22-12-23(33-16-32-22)37(3)28(40)39(17-44-9-10-47(6,7)8)26-24(30)20(42-4)11-21(43-5)25(26)31/h11-12,14,16,18H,9-10,13,15,17H2,1-8H3,(H,32,33,34,35)/t18-/m1/s1. The molecule has 1 N–H and O–H groups in total. The highest BCUT2D eigenvalue weighted by Gasteiger charge is 2.33. The lowest BCUT2D eigenvalue weighted by atomic mass is 10.2. The lowest BCUT2D eigenvalue weighted by molar-refractivity contribution is -0.139. The summed E-state index contributed by atoms with van der Waals surface area (Å²) in [7, 11) is 3.00. The number of anilines is 4. The highest BCUT2D eigenvalue weighted by Crippen LogP contribution is 2.46. The maximum atomic E-state index is 14.1. The molecule has 15 nitrogen and oxygen atoms in total. The van der Waals surface area contributed by atoms with Crippen LogP contribution in [0.5, 0.6) is 11.5 Å². The predicted molar refractivity (Wildman–Crippen MR) is 183 cm³/mol. The van der Waals surface area contributed by atoms with Crippen LogP contribution in [0.2, 0.25) is 35.7 Å². The van der Waals surface area contributed by atoms with Crippen LogP contribution in [0.25, 0.3) is 0 Å². The zero-order valence-corrected chi connectivity index (χ0v) is 30.2. The summed E-state index contributed by atoms with van der Waals surface area (Å²) in [6.07, 6.45) is 2.51. The highest BCUT2D eigenvalue weighted by molar-refractivity contribution is 6.76. The van der Waals surface area contributed by atoms with Gasteiger partial charge in [-0.05, 0) is 25.1 Å². The number of nitrogens with one attached hydrogen (secondary N) is 1. The Morgan fingerprint density at radius 1 is 1.17 bits per heavy atom. The zero-order chi connectivity index (χ0) is 34.5. The Morgan fingerprint density at radius 2 is 1.85 bits per heavy atom. The van der Waals surface area contributed by atoms with Gasteiger partial charge in [-0.25, -0.2) is 14.8 Å². The van der Waals surface area contributed by atoms with Gasteiger partial charge in [-0.1, -0.05) is 42.8 Å². The van der Waals surface area contributed by atoms with Crippen LogP contribution in [0.4, 0.5) is 33.6 Å². The molecule has 1 saturated heterocycles. The van der Waals surface area contributed by atoms with Crippen molar-refractivity contribution >= 4 is 66.1 Å². The number of hydrogen-bond donors (Lipinski definition) is 1. The van der Waals surface area contributed by atoms with Crippen molar-refractivity contribution in [2.75, 3.05) is 56.3 Å². The molecule has 0 saturated carbocycles. The first kappa shape index (κ1) is 36.3. The molecule has 1 aliphatic heterocycles. The van der Waals surface area contributed by atoms with Crippen LogP contribution in [0.3, 0.4) is 0 Å². The minimum Gasteiger partial charge on any atom is -0.495 e. The third kappa shape index (κ3) is 9.09. The molecule has 3 heterocycles. The minimum absolute atomic E-state index is 0.0608. The van der Waals surface area contributed by atoms with Gasteiger partial charge in [-0.2, -0.15) is 5.10 Å². The molecule has 2 amide bonds. The summed E-state index contributed by atoms with van der Waals surface area (Å²) in [5.41, 5.74) is 0.208. The average Bonchev–Trinajstić information content (AvgIpc) is 3.57. The maximum absolute atomic E-state index is 14.1. The van der Waals surface area contributed by atoms with Crippen LogP contribution >= 0.6 is 23.2 Å². The summed E-state index contributed by atoms with van der Waals surface area (Å²) in [6.45, 7) is 11.3. The van der Waals surface area contributed by atoms with Gasteiger partial charge >= 0.3 is 6.03 Å². The Hall–Kier alpha value is -3.54. The topological polar surface area (TPSA) is 155 Å². The molecular weight excluding hydrogens is 671 g/mol. The highest BCUT2D eigenvalue weighted by atomic mass is 35.5. The van der Waals surface area contributed by atoms with Crippen molar-refractivity contribution in [3.05, 3.63) is 39.6 Å². The van der Waals surface area contributed by atoms with Gasteiger partial charge < -0.3 is 29.0 Å². The van der Waals surface area contributed by atoms with Gasteiger partial charge in [0.15, 0.2) is 17.3 Å². The van der Waals surface area contributed by atoms with Gasteiger partial charge in [0.2, 0.25) is 0 Å². The van der Waals surface area contributed by atoms with E-state index in [4.69, 9.17) is 46.9 Å². The number of rotatable bonds is 14. The Morgan fingerprint density at radius 3 is 2.43 bits per heavy atom. The Bertz CT molecular complexity index is 1560. The second-order valence-electron chi connectivity index (χ2n) is 12.4. The van der Waals surface area contributed by atoms with Crippen LogP contribution in [0.1, 0.15) is 13.8 Å². The number of ether oxygens (including phenoxy) is 5. The number of carbonyl (C=O) groups excluding carboxylic acids is 1. The molecule has 18 heteroatoms. The second-order valence-corrected chi connectivity index (χ2v) is 18.8. The summed E-state index contributed by atoms with van der Waals surface area (Å²) in [5, 5.41) is 10.7. The van der Waals surface area contributed by atoms with Crippen molar-refractivity contribution in [3.8, 4) is 11.5 Å². The number of nitrogens with zero attached hydrogens (tertiary/aromatic N) is 7. The lowest BCUT2D eigenvalue weighted by Gasteiger charge is -2.30. The normalized spacial score (nSPS) is 15.7. The molecule has 0 bridgehead atoms. The molecule has 0 spiro atoms. The smallest absolute Gasteiger partial charge is 0.331 e. The molecule has 4 rings (SSSR count). The van der Waals surface area contributed by atoms with Gasteiger partial charge in [0.1, 0.15) is 52.3 Å². The maximum Gasteiger partial charge on any atom is 0.331 e. The van der Waals surface area contributed by atoms with E-state index in [-0.39, 0.29) is 63.2 Å². The second kappa shape index (κ2) is 15.1. The minimum atomic E-state index is -1.42. The van der Waals surface area contributed by atoms with E-state index in [1.165, 1.54) is 55.7 Å². The molecule has 1 fully saturated rings. The first-order valence-electron chi connectivity index (χ1n) is 14.7. The van der Waals surface area contributed by atoms with Gasteiger partial charge in [0, 0.05) is 33.9 Å². The number of urea groups is 1. The van der Waals surface area contributed by atoms with E-state index in [1.807, 2.05) is 13.8 Å². The molecule has 256 valence electrons. The van der Waals surface area contributed by atoms with Crippen molar-refractivity contribution in [1.29, 1.82) is 0 Å². The largest absolute Gasteiger partial charge is 0.495 e. The first-order chi connectivity index (χ1) is 22.2. The monoisotopic (exact) mass is 710 g/mol. The van der Waals surface area contributed by atoms with Gasteiger partial charge in [-0.3, -0.25) is 14.5 Å². The summed E-state index contributed by atoms with van der Waals surface area (Å²) in [4.78, 5) is 36.8. The fourth-order valence-corrected chi connectivity index (χ4v) is 6.04. The molecule has 0 unspecified atom stereocenters. The van der Waals surface area contributed by atoms with E-state index < -0.39 is 19.9 Å². The Labute approximate surface area is 284 Å². The number of halogens is 2. The van der Waals surface area contributed by atoms with Gasteiger partial charge in [0.05, 0.1) is 39.3 Å². The third-order valence-corrected chi connectivity index (χ3v) is 9.53. The number of methoxy groups -OCH3 is 2. The first-order valence-corrected chi connectivity index (χ1v) is 19.2. The van der Waals surface area contributed by atoms with Gasteiger partial charge in [-0.15, -0.1) is 4.91 Å². The molecule has 2 aromatic heterocycles. The molecule has 47 heavy (non-hydrogen) atoms. The fraction of sp³-hybridized carbons (Fsp3) is 0.517. The van der Waals surface area contributed by atoms with Crippen molar-refractivity contribution in [2.45, 2.75) is 58.0 Å². The van der Waals surface area contributed by atoms with E-state index in [0.29, 0.717) is 19.8 Å². The van der Waals surface area contributed by atoms with Crippen LogP contribution < -0.4 is 24.6 Å². The molecule has 1 atom stereocenters. The number of amides is 2. The summed E-state index contributed by atoms with van der Waals surface area (Å²) >= 11 is 13.4. The van der Waals surface area contributed by atoms with Crippen molar-refractivity contribution < 1.29 is 28.5 Å². The summed E-state index contributed by atoms with van der Waals surface area (Å²) < 4.78 is 29.8. The number of benzene rings is 1. The summed E-state index contributed by atoms with van der Waals surface area (Å²) in [6, 6.07) is 3.36. The Balaban J connectivity index is 1.59. The molecule has 1 aromatic carbocycles. The van der Waals surface area contributed by atoms with E-state index in [1.54, 1.807) is 4.68 Å². The average molecular weight is 712 g/mol. The number of nitroso groups, excluding NO2 is 1. The SMILES string of the molecule is COc1cc(OC)c(Cl)c(N(COCC[Si](C)(C)C)C(=O)N(C)c2cc(Nc3nn(C[C@@H]4COC(C)(C)O4)cc3N=O)ncn2)c1Cl. The number of carbonyl (C=O) groups is 1. The molecule has 0 radical (unpaired) electrons. The van der Waals surface area contributed by atoms with E-state index >= 15 is 0 Å². The van der Waals surface area contributed by atoms with Crippen LogP contribution in [0.15, 0.2) is 29.8 Å². The zero-order valence-electron chi connectivity index (χ0n) is 27.7. The number of hydrogen-bond acceptors (Lipinski definition) is 12. The molecule has 3 aromatic rings. The molecule has 1 aliphatic rings. The van der Waals surface area contributed by atoms with E-state index in [0.717, 1.165) is 6.04 Å². The van der Waals surface area contributed by atoms with Crippen molar-refractivity contribution in [3.63, 3.8) is 0 Å². The van der Waals surface area contributed by atoms with Crippen LogP contribution in [-0.2, 0) is 20.8 Å². The molecular formula is C29H40Cl2N8O7Si. The lowest BCUT2D eigenvalue weighted by Crippen LogP contribution is -2.43. The third-order valence-electron chi connectivity index (χ3n) is 7.10.